The molecule has 2 aromatic rings. The van der Waals surface area contributed by atoms with Crippen LogP contribution in [-0.2, 0) is 13.0 Å². The summed E-state index contributed by atoms with van der Waals surface area (Å²) < 4.78 is 5.10. The van der Waals surface area contributed by atoms with Gasteiger partial charge in [-0.15, -0.1) is 0 Å². The summed E-state index contributed by atoms with van der Waals surface area (Å²) >= 11 is 5.77. The Morgan fingerprint density at radius 3 is 2.70 bits per heavy atom. The molecule has 0 saturated carbocycles. The van der Waals surface area contributed by atoms with Crippen LogP contribution in [0.3, 0.4) is 0 Å². The fourth-order valence-electron chi connectivity index (χ4n) is 1.66. The van der Waals surface area contributed by atoms with Gasteiger partial charge in [-0.2, -0.15) is 4.98 Å². The molecule has 1 amide bonds. The maximum absolute atomic E-state index is 11.9. The maximum Gasteiger partial charge on any atom is 0.251 e. The lowest BCUT2D eigenvalue weighted by Crippen LogP contribution is -2.23. The number of hydrogen-bond acceptors (Lipinski definition) is 4. The summed E-state index contributed by atoms with van der Waals surface area (Å²) in [6, 6.07) is 6.67. The van der Waals surface area contributed by atoms with E-state index in [0.717, 1.165) is 6.42 Å². The van der Waals surface area contributed by atoms with Crippen molar-refractivity contribution in [3.63, 3.8) is 0 Å². The van der Waals surface area contributed by atoms with Gasteiger partial charge in [-0.1, -0.05) is 30.6 Å². The van der Waals surface area contributed by atoms with Crippen molar-refractivity contribution in [3.05, 3.63) is 46.6 Å². The summed E-state index contributed by atoms with van der Waals surface area (Å²) in [4.78, 5) is 16.1. The molecule has 0 atom stereocenters. The number of nitrogens with one attached hydrogen (secondary N) is 1. The van der Waals surface area contributed by atoms with E-state index in [0.29, 0.717) is 28.2 Å². The van der Waals surface area contributed by atoms with E-state index < -0.39 is 0 Å². The highest BCUT2D eigenvalue weighted by molar-refractivity contribution is 6.30. The van der Waals surface area contributed by atoms with E-state index in [4.69, 9.17) is 16.1 Å². The molecule has 20 heavy (non-hydrogen) atoms. The molecule has 6 heteroatoms. The van der Waals surface area contributed by atoms with Gasteiger partial charge in [0.05, 0.1) is 6.54 Å². The Bertz CT molecular complexity index is 578. The van der Waals surface area contributed by atoms with Crippen molar-refractivity contribution in [1.29, 1.82) is 0 Å². The van der Waals surface area contributed by atoms with Crippen molar-refractivity contribution in [3.8, 4) is 0 Å². The van der Waals surface area contributed by atoms with Gasteiger partial charge in [0.15, 0.2) is 5.82 Å². The molecule has 0 aliphatic heterocycles. The van der Waals surface area contributed by atoms with Crippen molar-refractivity contribution in [2.45, 2.75) is 26.8 Å². The van der Waals surface area contributed by atoms with Crippen LogP contribution in [0.4, 0.5) is 0 Å². The third-order valence-corrected chi connectivity index (χ3v) is 2.86. The third-order valence-electron chi connectivity index (χ3n) is 2.61. The fraction of sp³-hybridized carbons (Fsp3) is 0.357. The van der Waals surface area contributed by atoms with E-state index in [2.05, 4.69) is 29.3 Å². The average molecular weight is 294 g/mol. The van der Waals surface area contributed by atoms with Gasteiger partial charge in [0.2, 0.25) is 5.89 Å². The standard InChI is InChI=1S/C14H16ClN3O2/c1-9(2)7-13-17-12(18-20-13)8-16-14(19)10-3-5-11(15)6-4-10/h3-6,9H,7-8H2,1-2H3,(H,16,19). The molecular formula is C14H16ClN3O2. The van der Waals surface area contributed by atoms with Crippen molar-refractivity contribution in [2.24, 2.45) is 5.92 Å². The number of amides is 1. The van der Waals surface area contributed by atoms with Crippen molar-refractivity contribution < 1.29 is 9.32 Å². The molecule has 0 radical (unpaired) electrons. The van der Waals surface area contributed by atoms with Crippen LogP contribution in [0.2, 0.25) is 5.02 Å². The van der Waals surface area contributed by atoms with Gasteiger partial charge >= 0.3 is 0 Å². The molecule has 5 nitrogen and oxygen atoms in total. The molecule has 0 fully saturated rings. The first kappa shape index (κ1) is 14.5. The monoisotopic (exact) mass is 293 g/mol. The van der Waals surface area contributed by atoms with Gasteiger partial charge in [-0.05, 0) is 30.2 Å². The molecule has 2 rings (SSSR count). The molecule has 106 valence electrons. The number of halogens is 1. The highest BCUT2D eigenvalue weighted by atomic mass is 35.5. The summed E-state index contributed by atoms with van der Waals surface area (Å²) in [5, 5.41) is 7.16. The lowest BCUT2D eigenvalue weighted by molar-refractivity contribution is 0.0949. The molecule has 0 bridgehead atoms. The van der Waals surface area contributed by atoms with Crippen LogP contribution < -0.4 is 5.32 Å². The number of nitrogens with zero attached hydrogens (tertiary/aromatic N) is 2. The Hall–Kier alpha value is -1.88. The van der Waals surface area contributed by atoms with E-state index >= 15 is 0 Å². The summed E-state index contributed by atoms with van der Waals surface area (Å²) in [7, 11) is 0. The van der Waals surface area contributed by atoms with Crippen LogP contribution in [0.1, 0.15) is 35.9 Å². The van der Waals surface area contributed by atoms with E-state index in [-0.39, 0.29) is 12.5 Å². The quantitative estimate of drug-likeness (QED) is 0.920. The van der Waals surface area contributed by atoms with Crippen molar-refractivity contribution in [2.75, 3.05) is 0 Å². The zero-order valence-electron chi connectivity index (χ0n) is 11.4. The minimum Gasteiger partial charge on any atom is -0.345 e. The summed E-state index contributed by atoms with van der Waals surface area (Å²) in [5.74, 6) is 1.32. The van der Waals surface area contributed by atoms with Crippen molar-refractivity contribution >= 4 is 17.5 Å². The number of hydrogen-bond donors (Lipinski definition) is 1. The molecular weight excluding hydrogens is 278 g/mol. The number of carbonyl (C=O) groups is 1. The van der Waals surface area contributed by atoms with E-state index in [1.807, 2.05) is 0 Å². The van der Waals surface area contributed by atoms with Crippen LogP contribution in [0.5, 0.6) is 0 Å². The fourth-order valence-corrected chi connectivity index (χ4v) is 1.78. The zero-order valence-corrected chi connectivity index (χ0v) is 12.1. The minimum absolute atomic E-state index is 0.197. The topological polar surface area (TPSA) is 68.0 Å². The minimum atomic E-state index is -0.197. The summed E-state index contributed by atoms with van der Waals surface area (Å²) in [6.45, 7) is 4.39. The van der Waals surface area contributed by atoms with Crippen LogP contribution in [0.15, 0.2) is 28.8 Å². The van der Waals surface area contributed by atoms with Gasteiger partial charge in [0.25, 0.3) is 5.91 Å². The Morgan fingerprint density at radius 1 is 1.35 bits per heavy atom. The number of rotatable bonds is 5. The highest BCUT2D eigenvalue weighted by Gasteiger charge is 2.10. The average Bonchev–Trinajstić information content (AvgIpc) is 2.83. The van der Waals surface area contributed by atoms with Gasteiger partial charge in [0, 0.05) is 17.0 Å². The SMILES string of the molecule is CC(C)Cc1nc(CNC(=O)c2ccc(Cl)cc2)no1. The summed E-state index contributed by atoms with van der Waals surface area (Å²) in [6.07, 6.45) is 0.734. The first-order valence-corrected chi connectivity index (χ1v) is 6.77. The molecule has 0 aliphatic rings. The second-order valence-electron chi connectivity index (χ2n) is 4.89. The number of aromatic nitrogens is 2. The molecule has 0 aliphatic carbocycles. The summed E-state index contributed by atoms with van der Waals surface area (Å²) in [5.41, 5.74) is 0.542. The first-order chi connectivity index (χ1) is 9.54. The smallest absolute Gasteiger partial charge is 0.251 e. The van der Waals surface area contributed by atoms with Gasteiger partial charge in [-0.25, -0.2) is 0 Å². The predicted octanol–water partition coefficient (Wildman–Crippen LogP) is 2.85. The van der Waals surface area contributed by atoms with Crippen LogP contribution in [0.25, 0.3) is 0 Å². The first-order valence-electron chi connectivity index (χ1n) is 6.40. The Balaban J connectivity index is 1.90. The van der Waals surface area contributed by atoms with E-state index in [1.54, 1.807) is 24.3 Å². The molecule has 1 N–H and O–H groups in total. The molecule has 1 aromatic carbocycles. The van der Waals surface area contributed by atoms with E-state index in [1.165, 1.54) is 0 Å². The molecule has 0 unspecified atom stereocenters. The van der Waals surface area contributed by atoms with Crippen LogP contribution >= 0.6 is 11.6 Å². The van der Waals surface area contributed by atoms with Gasteiger partial charge in [-0.3, -0.25) is 4.79 Å². The van der Waals surface area contributed by atoms with Gasteiger partial charge < -0.3 is 9.84 Å². The Labute approximate surface area is 122 Å². The van der Waals surface area contributed by atoms with Crippen molar-refractivity contribution in [1.82, 2.24) is 15.5 Å². The molecule has 0 spiro atoms. The van der Waals surface area contributed by atoms with Crippen LogP contribution in [0, 0.1) is 5.92 Å². The lowest BCUT2D eigenvalue weighted by atomic mass is 10.1. The molecule has 1 heterocycles. The highest BCUT2D eigenvalue weighted by Crippen LogP contribution is 2.09. The Morgan fingerprint density at radius 2 is 2.05 bits per heavy atom. The van der Waals surface area contributed by atoms with Crippen LogP contribution in [-0.4, -0.2) is 16.0 Å². The normalized spacial score (nSPS) is 10.8. The number of benzene rings is 1. The molecule has 1 aromatic heterocycles. The second kappa shape index (κ2) is 6.52. The largest absolute Gasteiger partial charge is 0.345 e. The number of carbonyl (C=O) groups excluding carboxylic acids is 1. The second-order valence-corrected chi connectivity index (χ2v) is 5.33. The predicted molar refractivity (Wildman–Crippen MR) is 75.5 cm³/mol. The maximum atomic E-state index is 11.9. The molecule has 0 saturated heterocycles. The van der Waals surface area contributed by atoms with E-state index in [9.17, 15) is 4.79 Å². The van der Waals surface area contributed by atoms with Gasteiger partial charge in [0.1, 0.15) is 0 Å². The zero-order chi connectivity index (χ0) is 14.5. The lowest BCUT2D eigenvalue weighted by Gasteiger charge is -2.02. The third kappa shape index (κ3) is 4.06. The Kier molecular flexibility index (Phi) is 4.74.